The van der Waals surface area contributed by atoms with Gasteiger partial charge in [-0.25, -0.2) is 0 Å². The van der Waals surface area contributed by atoms with Crippen LogP contribution >= 0.6 is 0 Å². The van der Waals surface area contributed by atoms with Gasteiger partial charge >= 0.3 is 11.9 Å². The van der Waals surface area contributed by atoms with E-state index in [0.717, 1.165) is 64.2 Å². The Hall–Kier alpha value is -1.32. The van der Waals surface area contributed by atoms with Crippen molar-refractivity contribution < 1.29 is 19.1 Å². The monoisotopic (exact) mass is 390 g/mol. The molecule has 0 aromatic heterocycles. The molecular formula is C24H38O4. The first-order chi connectivity index (χ1) is 13.5. The third-order valence-corrected chi connectivity index (χ3v) is 7.49. The molecule has 2 fully saturated rings. The first-order valence-corrected chi connectivity index (χ1v) is 11.6. The molecule has 2 unspecified atom stereocenters. The van der Waals surface area contributed by atoms with Crippen molar-refractivity contribution in [2.75, 3.05) is 0 Å². The van der Waals surface area contributed by atoms with Crippen LogP contribution in [0.5, 0.6) is 0 Å². The molecule has 3 rings (SSSR count). The summed E-state index contributed by atoms with van der Waals surface area (Å²) in [4.78, 5) is 26.2. The number of carbonyl (C=O) groups is 2. The van der Waals surface area contributed by atoms with Gasteiger partial charge in [0.2, 0.25) is 0 Å². The van der Waals surface area contributed by atoms with Gasteiger partial charge in [0.15, 0.2) is 0 Å². The molecule has 0 bridgehead atoms. The Morgan fingerprint density at radius 3 is 1.39 bits per heavy atom. The number of hydrogen-bond donors (Lipinski definition) is 0. The lowest BCUT2D eigenvalue weighted by Gasteiger charge is -2.40. The number of ether oxygens (including phenoxy) is 2. The lowest BCUT2D eigenvalue weighted by Crippen LogP contribution is -2.44. The van der Waals surface area contributed by atoms with Crippen LogP contribution in [-0.2, 0) is 19.1 Å². The van der Waals surface area contributed by atoms with E-state index in [-0.39, 0.29) is 23.1 Å². The summed E-state index contributed by atoms with van der Waals surface area (Å²) in [6.45, 7) is 4.22. The van der Waals surface area contributed by atoms with Crippen molar-refractivity contribution in [3.05, 3.63) is 12.2 Å². The van der Waals surface area contributed by atoms with Crippen LogP contribution in [0.15, 0.2) is 12.2 Å². The van der Waals surface area contributed by atoms with Gasteiger partial charge in [-0.2, -0.15) is 0 Å². The normalized spacial score (nSPS) is 29.1. The molecule has 0 amide bonds. The minimum atomic E-state index is -0.402. The molecule has 2 atom stereocenters. The van der Waals surface area contributed by atoms with E-state index in [1.54, 1.807) is 0 Å². The number of esters is 2. The van der Waals surface area contributed by atoms with Crippen LogP contribution in [0.1, 0.15) is 104 Å². The molecule has 28 heavy (non-hydrogen) atoms. The molecular weight excluding hydrogens is 352 g/mol. The Morgan fingerprint density at radius 1 is 0.714 bits per heavy atom. The van der Waals surface area contributed by atoms with Crippen molar-refractivity contribution in [1.29, 1.82) is 0 Å². The summed E-state index contributed by atoms with van der Waals surface area (Å²) < 4.78 is 12.2. The van der Waals surface area contributed by atoms with Gasteiger partial charge in [0, 0.05) is 0 Å². The van der Waals surface area contributed by atoms with Gasteiger partial charge < -0.3 is 9.47 Å². The maximum Gasteiger partial charge on any atom is 0.310 e. The maximum atomic E-state index is 13.1. The van der Waals surface area contributed by atoms with E-state index in [0.29, 0.717) is 12.8 Å². The van der Waals surface area contributed by atoms with Gasteiger partial charge in [-0.05, 0) is 77.0 Å². The summed E-state index contributed by atoms with van der Waals surface area (Å²) in [6, 6.07) is 0. The van der Waals surface area contributed by atoms with Crippen LogP contribution in [0.25, 0.3) is 0 Å². The number of carbonyl (C=O) groups excluding carboxylic acids is 2. The third-order valence-electron chi connectivity index (χ3n) is 7.49. The number of hydrogen-bond acceptors (Lipinski definition) is 4. The van der Waals surface area contributed by atoms with Gasteiger partial charge in [0.1, 0.15) is 11.2 Å². The Morgan fingerprint density at radius 2 is 1.07 bits per heavy atom. The average molecular weight is 391 g/mol. The molecule has 0 aromatic rings. The lowest BCUT2D eigenvalue weighted by atomic mass is 9.80. The minimum absolute atomic E-state index is 0.191. The highest BCUT2D eigenvalue weighted by atomic mass is 16.6. The van der Waals surface area contributed by atoms with Crippen LogP contribution in [0.2, 0.25) is 0 Å². The summed E-state index contributed by atoms with van der Waals surface area (Å²) in [6.07, 6.45) is 17.6. The molecule has 3 aliphatic rings. The van der Waals surface area contributed by atoms with Crippen molar-refractivity contribution in [2.24, 2.45) is 11.8 Å². The van der Waals surface area contributed by atoms with Crippen molar-refractivity contribution in [3.63, 3.8) is 0 Å². The van der Waals surface area contributed by atoms with Gasteiger partial charge in [0.05, 0.1) is 11.8 Å². The second-order valence-electron chi connectivity index (χ2n) is 9.19. The summed E-state index contributed by atoms with van der Waals surface area (Å²) in [5, 5.41) is 0. The predicted octanol–water partition coefficient (Wildman–Crippen LogP) is 5.88. The number of allylic oxidation sites excluding steroid dienone is 2. The second-order valence-corrected chi connectivity index (χ2v) is 9.19. The van der Waals surface area contributed by atoms with E-state index in [2.05, 4.69) is 13.8 Å². The molecule has 0 N–H and O–H groups in total. The smallest absolute Gasteiger partial charge is 0.310 e. The molecule has 0 aromatic carbocycles. The number of rotatable bonds is 6. The fraction of sp³-hybridized carbons (Fsp3) is 0.833. The third kappa shape index (κ3) is 4.80. The largest absolute Gasteiger partial charge is 0.459 e. The average Bonchev–Trinajstić information content (AvgIpc) is 2.75. The van der Waals surface area contributed by atoms with Crippen LogP contribution in [0.3, 0.4) is 0 Å². The predicted molar refractivity (Wildman–Crippen MR) is 110 cm³/mol. The highest BCUT2D eigenvalue weighted by molar-refractivity contribution is 5.83. The van der Waals surface area contributed by atoms with Gasteiger partial charge in [0.25, 0.3) is 0 Å². The van der Waals surface area contributed by atoms with Crippen molar-refractivity contribution in [3.8, 4) is 0 Å². The molecule has 0 saturated heterocycles. The molecule has 4 nitrogen and oxygen atoms in total. The lowest BCUT2D eigenvalue weighted by molar-refractivity contribution is -0.182. The highest BCUT2D eigenvalue weighted by Crippen LogP contribution is 2.39. The van der Waals surface area contributed by atoms with Gasteiger partial charge in [-0.1, -0.05) is 38.8 Å². The maximum absolute atomic E-state index is 13.1. The van der Waals surface area contributed by atoms with E-state index >= 15 is 0 Å². The second kappa shape index (κ2) is 9.45. The van der Waals surface area contributed by atoms with Crippen LogP contribution in [0.4, 0.5) is 0 Å². The van der Waals surface area contributed by atoms with Crippen LogP contribution in [0, 0.1) is 11.8 Å². The summed E-state index contributed by atoms with van der Waals surface area (Å²) in [5.74, 6) is -1.19. The Bertz CT molecular complexity index is 517. The van der Waals surface area contributed by atoms with Crippen LogP contribution in [-0.4, -0.2) is 23.1 Å². The molecule has 3 aliphatic carbocycles. The Kier molecular flexibility index (Phi) is 7.22. The molecule has 0 spiro atoms. The quantitative estimate of drug-likeness (QED) is 0.420. The SMILES string of the molecule is CCC1(OC(=O)C2CC=CCC2C(=O)OC2(CC)CCCCC2)CCCCC1. The Labute approximate surface area is 170 Å². The topological polar surface area (TPSA) is 52.6 Å². The minimum Gasteiger partial charge on any atom is -0.459 e. The molecule has 4 heteroatoms. The fourth-order valence-electron chi connectivity index (χ4n) is 5.36. The van der Waals surface area contributed by atoms with Crippen LogP contribution < -0.4 is 0 Å². The van der Waals surface area contributed by atoms with E-state index in [1.165, 1.54) is 12.8 Å². The molecule has 158 valence electrons. The van der Waals surface area contributed by atoms with E-state index in [4.69, 9.17) is 9.47 Å². The standard InChI is InChI=1S/C24H38O4/c1-3-23(15-9-5-10-16-23)27-21(25)19-13-7-8-14-20(19)22(26)28-24(4-2)17-11-6-12-18-24/h7-8,19-20H,3-6,9-18H2,1-2H3. The van der Waals surface area contributed by atoms with Gasteiger partial charge in [-0.3, -0.25) is 9.59 Å². The fourth-order valence-corrected chi connectivity index (χ4v) is 5.36. The molecule has 0 heterocycles. The molecule has 0 radical (unpaired) electrons. The van der Waals surface area contributed by atoms with Crippen molar-refractivity contribution >= 4 is 11.9 Å². The van der Waals surface area contributed by atoms with E-state index in [9.17, 15) is 9.59 Å². The first kappa shape index (κ1) is 21.4. The summed E-state index contributed by atoms with van der Waals surface area (Å²) in [7, 11) is 0. The highest BCUT2D eigenvalue weighted by Gasteiger charge is 2.43. The zero-order valence-electron chi connectivity index (χ0n) is 17.8. The van der Waals surface area contributed by atoms with E-state index < -0.39 is 11.8 Å². The zero-order valence-corrected chi connectivity index (χ0v) is 17.8. The first-order valence-electron chi connectivity index (χ1n) is 11.6. The van der Waals surface area contributed by atoms with E-state index in [1.807, 2.05) is 12.2 Å². The van der Waals surface area contributed by atoms with Gasteiger partial charge in [-0.15, -0.1) is 0 Å². The summed E-state index contributed by atoms with van der Waals surface area (Å²) >= 11 is 0. The summed E-state index contributed by atoms with van der Waals surface area (Å²) in [5.41, 5.74) is -0.641. The molecule has 0 aliphatic heterocycles. The van der Waals surface area contributed by atoms with Crippen molar-refractivity contribution in [1.82, 2.24) is 0 Å². The van der Waals surface area contributed by atoms with Crippen molar-refractivity contribution in [2.45, 2.75) is 115 Å². The molecule has 2 saturated carbocycles. The Balaban J connectivity index is 1.68. The zero-order chi connectivity index (χ0) is 20.0.